The molecular weight excluding hydrogens is 352 g/mol. The standard InChI is InChI=1S/C17H16N6O2S/c18-7-10-8-20-17(23-15(10)19)26-9-14(24)22-13-4-2-1-3-12(13)16(25)21-11-5-6-11/h1-4,8,11H,5-6,9H2,(H,21,25)(H,22,24)(H2,19,20,23). The van der Waals surface area contributed by atoms with E-state index in [0.717, 1.165) is 24.6 Å². The molecule has 1 aliphatic rings. The number of anilines is 2. The van der Waals surface area contributed by atoms with Gasteiger partial charge in [-0.2, -0.15) is 5.26 Å². The highest BCUT2D eigenvalue weighted by Crippen LogP contribution is 2.22. The van der Waals surface area contributed by atoms with Gasteiger partial charge in [0.05, 0.1) is 23.2 Å². The highest BCUT2D eigenvalue weighted by molar-refractivity contribution is 7.99. The van der Waals surface area contributed by atoms with Crippen molar-refractivity contribution in [3.8, 4) is 6.07 Å². The minimum absolute atomic E-state index is 0.0456. The number of hydrogen-bond acceptors (Lipinski definition) is 7. The van der Waals surface area contributed by atoms with Crippen molar-refractivity contribution in [3.05, 3.63) is 41.6 Å². The molecule has 1 heterocycles. The Bertz CT molecular complexity index is 891. The first-order chi connectivity index (χ1) is 12.6. The molecule has 0 aliphatic heterocycles. The van der Waals surface area contributed by atoms with Gasteiger partial charge in [0.2, 0.25) is 5.91 Å². The molecule has 26 heavy (non-hydrogen) atoms. The van der Waals surface area contributed by atoms with Crippen LogP contribution in [0, 0.1) is 11.3 Å². The van der Waals surface area contributed by atoms with E-state index in [9.17, 15) is 9.59 Å². The zero-order valence-electron chi connectivity index (χ0n) is 13.7. The van der Waals surface area contributed by atoms with Crippen molar-refractivity contribution in [1.82, 2.24) is 15.3 Å². The Labute approximate surface area is 154 Å². The average Bonchev–Trinajstić information content (AvgIpc) is 3.44. The molecule has 0 saturated heterocycles. The molecule has 0 bridgehead atoms. The van der Waals surface area contributed by atoms with Gasteiger partial charge in [-0.05, 0) is 25.0 Å². The van der Waals surface area contributed by atoms with Crippen molar-refractivity contribution in [3.63, 3.8) is 0 Å². The van der Waals surface area contributed by atoms with Crippen LogP contribution < -0.4 is 16.4 Å². The second-order valence-electron chi connectivity index (χ2n) is 5.69. The smallest absolute Gasteiger partial charge is 0.253 e. The molecule has 8 nitrogen and oxygen atoms in total. The van der Waals surface area contributed by atoms with Crippen molar-refractivity contribution >= 4 is 35.1 Å². The predicted octanol–water partition coefficient (Wildman–Crippen LogP) is 1.55. The van der Waals surface area contributed by atoms with Crippen LogP contribution in [0.1, 0.15) is 28.8 Å². The SMILES string of the molecule is N#Cc1cnc(SCC(=O)Nc2ccccc2C(=O)NC2CC2)nc1N. The third kappa shape index (κ3) is 4.49. The summed E-state index contributed by atoms with van der Waals surface area (Å²) in [6, 6.07) is 8.97. The number of carbonyl (C=O) groups excluding carboxylic acids is 2. The Hall–Kier alpha value is -3.12. The second-order valence-corrected chi connectivity index (χ2v) is 6.64. The molecule has 0 atom stereocenters. The number of nitrogens with two attached hydrogens (primary N) is 1. The van der Waals surface area contributed by atoms with E-state index in [0.29, 0.717) is 16.4 Å². The lowest BCUT2D eigenvalue weighted by Crippen LogP contribution is -2.27. The van der Waals surface area contributed by atoms with E-state index < -0.39 is 0 Å². The number of hydrogen-bond donors (Lipinski definition) is 3. The van der Waals surface area contributed by atoms with E-state index >= 15 is 0 Å². The molecule has 3 rings (SSSR count). The number of nitrogens with zero attached hydrogens (tertiary/aromatic N) is 3. The van der Waals surface area contributed by atoms with Crippen LogP contribution in [0.4, 0.5) is 11.5 Å². The fourth-order valence-electron chi connectivity index (χ4n) is 2.13. The van der Waals surface area contributed by atoms with Gasteiger partial charge in [0, 0.05) is 6.04 Å². The average molecular weight is 368 g/mol. The highest BCUT2D eigenvalue weighted by atomic mass is 32.2. The largest absolute Gasteiger partial charge is 0.382 e. The number of benzene rings is 1. The lowest BCUT2D eigenvalue weighted by atomic mass is 10.1. The van der Waals surface area contributed by atoms with E-state index in [1.54, 1.807) is 24.3 Å². The summed E-state index contributed by atoms with van der Waals surface area (Å²) in [4.78, 5) is 32.4. The van der Waals surface area contributed by atoms with Gasteiger partial charge in [-0.25, -0.2) is 9.97 Å². The van der Waals surface area contributed by atoms with E-state index in [4.69, 9.17) is 11.0 Å². The van der Waals surface area contributed by atoms with Crippen molar-refractivity contribution < 1.29 is 9.59 Å². The maximum atomic E-state index is 12.2. The maximum Gasteiger partial charge on any atom is 0.253 e. The van der Waals surface area contributed by atoms with Crippen LogP contribution in [0.3, 0.4) is 0 Å². The normalized spacial score (nSPS) is 12.9. The molecule has 0 radical (unpaired) electrons. The van der Waals surface area contributed by atoms with Crippen LogP contribution in [-0.2, 0) is 4.79 Å². The summed E-state index contributed by atoms with van der Waals surface area (Å²) in [6.45, 7) is 0. The quantitative estimate of drug-likeness (QED) is 0.520. The zero-order chi connectivity index (χ0) is 18.5. The number of carbonyl (C=O) groups is 2. The summed E-state index contributed by atoms with van der Waals surface area (Å²) < 4.78 is 0. The number of rotatable bonds is 6. The Morgan fingerprint density at radius 3 is 2.81 bits per heavy atom. The van der Waals surface area contributed by atoms with Gasteiger partial charge in [0.25, 0.3) is 5.91 Å². The summed E-state index contributed by atoms with van der Waals surface area (Å²) in [5.74, 6) is -0.371. The van der Waals surface area contributed by atoms with Crippen LogP contribution in [0.15, 0.2) is 35.6 Å². The minimum atomic E-state index is -0.298. The Morgan fingerprint density at radius 1 is 1.35 bits per heavy atom. The monoisotopic (exact) mass is 368 g/mol. The first kappa shape index (κ1) is 17.7. The van der Waals surface area contributed by atoms with E-state index in [1.165, 1.54) is 6.20 Å². The summed E-state index contributed by atoms with van der Waals surface area (Å²) in [5, 5.41) is 14.7. The molecule has 1 fully saturated rings. The molecule has 2 aromatic rings. The molecular formula is C17H16N6O2S. The Balaban J connectivity index is 1.60. The number of nitriles is 1. The predicted molar refractivity (Wildman–Crippen MR) is 97.4 cm³/mol. The molecule has 0 spiro atoms. The summed E-state index contributed by atoms with van der Waals surface area (Å²) in [6.07, 6.45) is 3.30. The fraction of sp³-hybridized carbons (Fsp3) is 0.235. The van der Waals surface area contributed by atoms with Crippen molar-refractivity contribution in [2.45, 2.75) is 24.0 Å². The molecule has 2 amide bonds. The zero-order valence-corrected chi connectivity index (χ0v) is 14.5. The number of aromatic nitrogens is 2. The highest BCUT2D eigenvalue weighted by Gasteiger charge is 2.25. The van der Waals surface area contributed by atoms with E-state index in [2.05, 4.69) is 20.6 Å². The van der Waals surface area contributed by atoms with E-state index in [1.807, 2.05) is 6.07 Å². The van der Waals surface area contributed by atoms with E-state index in [-0.39, 0.29) is 35.0 Å². The number of amides is 2. The lowest BCUT2D eigenvalue weighted by molar-refractivity contribution is -0.113. The summed E-state index contributed by atoms with van der Waals surface area (Å²) in [5.41, 5.74) is 6.70. The number of nitrogens with one attached hydrogen (secondary N) is 2. The molecule has 132 valence electrons. The van der Waals surface area contributed by atoms with Crippen LogP contribution >= 0.6 is 11.8 Å². The van der Waals surface area contributed by atoms with Gasteiger partial charge in [0.15, 0.2) is 5.16 Å². The second kappa shape index (κ2) is 7.84. The maximum absolute atomic E-state index is 12.2. The minimum Gasteiger partial charge on any atom is -0.382 e. The van der Waals surface area contributed by atoms with Crippen LogP contribution in [-0.4, -0.2) is 33.6 Å². The number of thioether (sulfide) groups is 1. The molecule has 4 N–H and O–H groups in total. The summed E-state index contributed by atoms with van der Waals surface area (Å²) >= 11 is 1.09. The van der Waals surface area contributed by atoms with Gasteiger partial charge >= 0.3 is 0 Å². The lowest BCUT2D eigenvalue weighted by Gasteiger charge is -2.11. The molecule has 1 aliphatic carbocycles. The molecule has 1 aromatic carbocycles. The van der Waals surface area contributed by atoms with Crippen LogP contribution in [0.5, 0.6) is 0 Å². The first-order valence-corrected chi connectivity index (χ1v) is 8.90. The van der Waals surface area contributed by atoms with Gasteiger partial charge < -0.3 is 16.4 Å². The third-order valence-corrected chi connectivity index (χ3v) is 4.47. The fourth-order valence-corrected chi connectivity index (χ4v) is 2.75. The Kier molecular flexibility index (Phi) is 5.34. The molecule has 9 heteroatoms. The molecule has 0 unspecified atom stereocenters. The number of para-hydroxylation sites is 1. The topological polar surface area (TPSA) is 134 Å². The summed E-state index contributed by atoms with van der Waals surface area (Å²) in [7, 11) is 0. The van der Waals surface area contributed by atoms with Gasteiger partial charge in [-0.1, -0.05) is 23.9 Å². The number of nitrogen functional groups attached to an aromatic ring is 1. The van der Waals surface area contributed by atoms with Crippen molar-refractivity contribution in [1.29, 1.82) is 5.26 Å². The van der Waals surface area contributed by atoms with Crippen LogP contribution in [0.2, 0.25) is 0 Å². The van der Waals surface area contributed by atoms with Crippen molar-refractivity contribution in [2.75, 3.05) is 16.8 Å². The van der Waals surface area contributed by atoms with Crippen LogP contribution in [0.25, 0.3) is 0 Å². The molecule has 1 saturated carbocycles. The van der Waals surface area contributed by atoms with Gasteiger partial charge in [-0.15, -0.1) is 0 Å². The first-order valence-electron chi connectivity index (χ1n) is 7.92. The molecule has 1 aromatic heterocycles. The van der Waals surface area contributed by atoms with Crippen molar-refractivity contribution in [2.24, 2.45) is 0 Å². The van der Waals surface area contributed by atoms with Gasteiger partial charge in [-0.3, -0.25) is 9.59 Å². The Morgan fingerprint density at radius 2 is 2.12 bits per heavy atom. The third-order valence-electron chi connectivity index (χ3n) is 3.61. The van der Waals surface area contributed by atoms with Gasteiger partial charge in [0.1, 0.15) is 17.5 Å².